The second kappa shape index (κ2) is 6.22. The Hall–Kier alpha value is -1.29. The van der Waals surface area contributed by atoms with Crippen LogP contribution in [0.15, 0.2) is 12.1 Å². The average Bonchev–Trinajstić information content (AvgIpc) is 2.84. The van der Waals surface area contributed by atoms with E-state index in [1.807, 2.05) is 6.92 Å². The second-order valence-corrected chi connectivity index (χ2v) is 7.43. The number of hydrogen-bond donors (Lipinski definition) is 2. The topological polar surface area (TPSA) is 50.9 Å². The molecule has 3 rings (SSSR count). The third kappa shape index (κ3) is 3.15. The number of rotatable bonds is 4. The molecule has 3 nitrogen and oxygen atoms in total. The van der Waals surface area contributed by atoms with Crippen LogP contribution in [0, 0.1) is 12.8 Å². The van der Waals surface area contributed by atoms with E-state index in [4.69, 9.17) is 5.73 Å². The number of hydrogen-bond acceptors (Lipinski definition) is 4. The number of anilines is 2. The van der Waals surface area contributed by atoms with Gasteiger partial charge in [0.15, 0.2) is 0 Å². The number of nitrogens with two attached hydrogens (primary N) is 1. The van der Waals surface area contributed by atoms with Crippen LogP contribution in [0.25, 0.3) is 10.2 Å². The van der Waals surface area contributed by atoms with Gasteiger partial charge in [0, 0.05) is 6.04 Å². The lowest BCUT2D eigenvalue weighted by molar-refractivity contribution is 0.313. The molecule has 1 atom stereocenters. The molecule has 0 radical (unpaired) electrons. The highest BCUT2D eigenvalue weighted by Gasteiger charge is 2.22. The number of nitrogens with zero attached hydrogens (tertiary/aromatic N) is 1. The summed E-state index contributed by atoms with van der Waals surface area (Å²) >= 11 is 1.71. The normalized spacial score (nSPS) is 18.0. The van der Waals surface area contributed by atoms with Crippen LogP contribution in [0.1, 0.15) is 50.5 Å². The largest absolute Gasteiger partial charge is 0.397 e. The summed E-state index contributed by atoms with van der Waals surface area (Å²) in [7, 11) is 0. The Morgan fingerprint density at radius 2 is 2.10 bits per heavy atom. The van der Waals surface area contributed by atoms with Crippen molar-refractivity contribution in [3.05, 3.63) is 17.1 Å². The van der Waals surface area contributed by atoms with Crippen molar-refractivity contribution in [1.82, 2.24) is 4.98 Å². The summed E-state index contributed by atoms with van der Waals surface area (Å²) in [6.07, 6.45) is 8.01. The van der Waals surface area contributed by atoms with E-state index in [2.05, 4.69) is 29.4 Å². The van der Waals surface area contributed by atoms with Crippen LogP contribution in [-0.4, -0.2) is 11.0 Å². The van der Waals surface area contributed by atoms with E-state index < -0.39 is 0 Å². The van der Waals surface area contributed by atoms with Gasteiger partial charge in [0.2, 0.25) is 0 Å². The summed E-state index contributed by atoms with van der Waals surface area (Å²) in [5.41, 5.74) is 9.22. The maximum absolute atomic E-state index is 6.24. The van der Waals surface area contributed by atoms with Gasteiger partial charge in [-0.25, -0.2) is 4.98 Å². The Morgan fingerprint density at radius 1 is 1.33 bits per heavy atom. The van der Waals surface area contributed by atoms with Crippen molar-refractivity contribution in [2.45, 2.75) is 58.4 Å². The van der Waals surface area contributed by atoms with Gasteiger partial charge in [-0.15, -0.1) is 11.3 Å². The van der Waals surface area contributed by atoms with Crippen molar-refractivity contribution in [2.24, 2.45) is 5.92 Å². The third-order valence-electron chi connectivity index (χ3n) is 4.67. The number of thiazole rings is 1. The zero-order chi connectivity index (χ0) is 14.8. The Labute approximate surface area is 131 Å². The summed E-state index contributed by atoms with van der Waals surface area (Å²) in [6, 6.07) is 4.72. The molecule has 0 amide bonds. The minimum absolute atomic E-state index is 0.532. The molecular weight excluding hydrogens is 278 g/mol. The van der Waals surface area contributed by atoms with Gasteiger partial charge in [0.05, 0.1) is 26.6 Å². The second-order valence-electron chi connectivity index (χ2n) is 6.20. The van der Waals surface area contributed by atoms with Crippen molar-refractivity contribution >= 4 is 32.9 Å². The molecule has 1 heterocycles. The van der Waals surface area contributed by atoms with E-state index in [1.165, 1.54) is 36.8 Å². The average molecular weight is 303 g/mol. The van der Waals surface area contributed by atoms with Crippen LogP contribution in [0.4, 0.5) is 11.4 Å². The summed E-state index contributed by atoms with van der Waals surface area (Å²) < 4.78 is 1.18. The highest BCUT2D eigenvalue weighted by molar-refractivity contribution is 7.18. The predicted molar refractivity (Wildman–Crippen MR) is 93.0 cm³/mol. The first kappa shape index (κ1) is 14.6. The molecule has 1 fully saturated rings. The van der Waals surface area contributed by atoms with E-state index >= 15 is 0 Å². The van der Waals surface area contributed by atoms with Gasteiger partial charge in [-0.3, -0.25) is 0 Å². The van der Waals surface area contributed by atoms with Crippen molar-refractivity contribution in [3.8, 4) is 0 Å². The molecule has 0 aliphatic heterocycles. The molecule has 1 aliphatic carbocycles. The maximum atomic E-state index is 6.24. The van der Waals surface area contributed by atoms with Crippen molar-refractivity contribution in [2.75, 3.05) is 11.1 Å². The minimum Gasteiger partial charge on any atom is -0.397 e. The molecule has 114 valence electrons. The molecule has 2 aromatic rings. The van der Waals surface area contributed by atoms with Crippen molar-refractivity contribution in [3.63, 3.8) is 0 Å². The fraction of sp³-hybridized carbons (Fsp3) is 0.588. The quantitative estimate of drug-likeness (QED) is 0.785. The van der Waals surface area contributed by atoms with Crippen LogP contribution in [0.3, 0.4) is 0 Å². The Bertz CT molecular complexity index is 614. The predicted octanol–water partition coefficient (Wildman–Crippen LogP) is 4.96. The van der Waals surface area contributed by atoms with Gasteiger partial charge in [-0.05, 0) is 44.2 Å². The molecule has 3 N–H and O–H groups in total. The summed E-state index contributed by atoms with van der Waals surface area (Å²) in [5.74, 6) is 0.788. The lowest BCUT2D eigenvalue weighted by Gasteiger charge is -2.31. The minimum atomic E-state index is 0.532. The fourth-order valence-corrected chi connectivity index (χ4v) is 4.38. The molecule has 1 aromatic carbocycles. The van der Waals surface area contributed by atoms with Gasteiger partial charge in [-0.2, -0.15) is 0 Å². The Kier molecular flexibility index (Phi) is 4.34. The Morgan fingerprint density at radius 3 is 2.81 bits per heavy atom. The molecule has 1 aromatic heterocycles. The van der Waals surface area contributed by atoms with Crippen molar-refractivity contribution in [1.29, 1.82) is 0 Å². The third-order valence-corrected chi connectivity index (χ3v) is 5.60. The number of nitrogen functional groups attached to an aromatic ring is 1. The molecule has 4 heteroatoms. The maximum Gasteiger partial charge on any atom is 0.0907 e. The summed E-state index contributed by atoms with van der Waals surface area (Å²) in [4.78, 5) is 4.58. The van der Waals surface area contributed by atoms with Crippen molar-refractivity contribution < 1.29 is 0 Å². The molecule has 1 aliphatic rings. The van der Waals surface area contributed by atoms with Gasteiger partial charge in [-0.1, -0.05) is 26.2 Å². The highest BCUT2D eigenvalue weighted by Crippen LogP contribution is 2.33. The monoisotopic (exact) mass is 303 g/mol. The van der Waals surface area contributed by atoms with Crippen LogP contribution in [0.5, 0.6) is 0 Å². The highest BCUT2D eigenvalue weighted by atomic mass is 32.1. The van der Waals surface area contributed by atoms with Gasteiger partial charge >= 0.3 is 0 Å². The fourth-order valence-electron chi connectivity index (χ4n) is 3.52. The number of fused-ring (bicyclic) bond motifs is 1. The van der Waals surface area contributed by atoms with E-state index in [0.717, 1.165) is 34.2 Å². The number of nitrogens with one attached hydrogen (secondary N) is 1. The van der Waals surface area contributed by atoms with E-state index in [0.29, 0.717) is 6.04 Å². The van der Waals surface area contributed by atoms with E-state index in [1.54, 1.807) is 11.3 Å². The lowest BCUT2D eigenvalue weighted by Crippen LogP contribution is -2.30. The molecule has 1 unspecified atom stereocenters. The lowest BCUT2D eigenvalue weighted by atomic mass is 9.83. The van der Waals surface area contributed by atoms with Gasteiger partial charge in [0.1, 0.15) is 0 Å². The summed E-state index contributed by atoms with van der Waals surface area (Å²) in [6.45, 7) is 4.32. The van der Waals surface area contributed by atoms with E-state index in [-0.39, 0.29) is 0 Å². The Balaban J connectivity index is 1.83. The van der Waals surface area contributed by atoms with Crippen LogP contribution < -0.4 is 11.1 Å². The van der Waals surface area contributed by atoms with Crippen LogP contribution in [-0.2, 0) is 0 Å². The standard InChI is InChI=1S/C17H25N3S/c1-3-14(12-7-5-4-6-8-12)20-15-10-16-17(9-13(15)18)21-11(2)19-16/h9-10,12,14,20H,3-8,18H2,1-2H3. The SMILES string of the molecule is CCC(Nc1cc2nc(C)sc2cc1N)C1CCCCC1. The van der Waals surface area contributed by atoms with Gasteiger partial charge in [0.25, 0.3) is 0 Å². The number of aromatic nitrogens is 1. The molecule has 0 bridgehead atoms. The molecule has 0 saturated heterocycles. The number of benzene rings is 1. The molecule has 0 spiro atoms. The molecule has 21 heavy (non-hydrogen) atoms. The molecule has 1 saturated carbocycles. The zero-order valence-electron chi connectivity index (χ0n) is 13.0. The van der Waals surface area contributed by atoms with E-state index in [9.17, 15) is 0 Å². The van der Waals surface area contributed by atoms with Crippen LogP contribution in [0.2, 0.25) is 0 Å². The smallest absolute Gasteiger partial charge is 0.0907 e. The first-order valence-electron chi connectivity index (χ1n) is 8.10. The number of aryl methyl sites for hydroxylation is 1. The van der Waals surface area contributed by atoms with Crippen LogP contribution >= 0.6 is 11.3 Å². The first-order chi connectivity index (χ1) is 10.2. The molecular formula is C17H25N3S. The summed E-state index contributed by atoms with van der Waals surface area (Å²) in [5, 5.41) is 4.81. The first-order valence-corrected chi connectivity index (χ1v) is 8.92. The van der Waals surface area contributed by atoms with Gasteiger partial charge < -0.3 is 11.1 Å². The zero-order valence-corrected chi connectivity index (χ0v) is 13.8.